The summed E-state index contributed by atoms with van der Waals surface area (Å²) >= 11 is 3.37. The van der Waals surface area contributed by atoms with E-state index in [1.807, 2.05) is 32.9 Å². The molecule has 0 atom stereocenters. The third-order valence-corrected chi connectivity index (χ3v) is 5.10. The number of fused-ring (bicyclic) bond motifs is 1. The van der Waals surface area contributed by atoms with E-state index in [1.54, 1.807) is 12.1 Å². The van der Waals surface area contributed by atoms with Crippen molar-refractivity contribution in [3.63, 3.8) is 0 Å². The zero-order chi connectivity index (χ0) is 22.6. The van der Waals surface area contributed by atoms with Gasteiger partial charge in [-0.1, -0.05) is 12.1 Å². The van der Waals surface area contributed by atoms with Crippen molar-refractivity contribution in [1.82, 2.24) is 10.9 Å². The fraction of sp³-hybridized carbons (Fsp3) is 0.364. The largest absolute Gasteiger partial charge is 0.493 e. The molecule has 0 fully saturated rings. The van der Waals surface area contributed by atoms with Crippen LogP contribution in [0, 0.1) is 0 Å². The number of halogens is 1. The number of para-hydroxylation sites is 1. The Hall–Kier alpha value is -2.94. The molecule has 2 aromatic rings. The van der Waals surface area contributed by atoms with Gasteiger partial charge in [0.1, 0.15) is 5.60 Å². The topological polar surface area (TPSA) is 95.1 Å². The van der Waals surface area contributed by atoms with Gasteiger partial charge in [0.05, 0.1) is 18.2 Å². The summed E-state index contributed by atoms with van der Waals surface area (Å²) in [6.07, 6.45) is 0.767. The number of amides is 2. The van der Waals surface area contributed by atoms with Gasteiger partial charge in [-0.05, 0) is 54.9 Å². The van der Waals surface area contributed by atoms with Crippen LogP contribution >= 0.6 is 15.9 Å². The molecule has 0 saturated carbocycles. The molecule has 2 amide bonds. The predicted octanol–water partition coefficient (Wildman–Crippen LogP) is 3.41. The average molecular weight is 493 g/mol. The normalized spacial score (nSPS) is 13.6. The van der Waals surface area contributed by atoms with Crippen LogP contribution in [0.25, 0.3) is 0 Å². The second kappa shape index (κ2) is 9.47. The Kier molecular flexibility index (Phi) is 6.94. The van der Waals surface area contributed by atoms with E-state index in [1.165, 1.54) is 13.2 Å². The molecule has 1 aliphatic rings. The van der Waals surface area contributed by atoms with Gasteiger partial charge in [-0.25, -0.2) is 0 Å². The van der Waals surface area contributed by atoms with Crippen LogP contribution in [-0.4, -0.2) is 37.7 Å². The summed E-state index contributed by atoms with van der Waals surface area (Å²) in [6.45, 7) is 6.00. The molecule has 0 unspecified atom stereocenters. The molecule has 0 spiro atoms. The highest BCUT2D eigenvalue weighted by atomic mass is 79.9. The minimum absolute atomic E-state index is 0.281. The van der Waals surface area contributed by atoms with Crippen molar-refractivity contribution in [2.45, 2.75) is 32.8 Å². The van der Waals surface area contributed by atoms with Crippen LogP contribution in [-0.2, 0) is 11.2 Å². The van der Waals surface area contributed by atoms with Gasteiger partial charge < -0.3 is 18.9 Å². The molecular formula is C22H25BrN2O6. The van der Waals surface area contributed by atoms with Crippen molar-refractivity contribution in [1.29, 1.82) is 0 Å². The highest BCUT2D eigenvalue weighted by Gasteiger charge is 2.32. The van der Waals surface area contributed by atoms with E-state index in [-0.39, 0.29) is 17.8 Å². The van der Waals surface area contributed by atoms with Gasteiger partial charge in [-0.3, -0.25) is 20.4 Å². The quantitative estimate of drug-likeness (QED) is 0.575. The lowest BCUT2D eigenvalue weighted by molar-refractivity contribution is -0.123. The monoisotopic (exact) mass is 492 g/mol. The maximum absolute atomic E-state index is 12.4. The number of carbonyl (C=O) groups excluding carboxylic acids is 2. The van der Waals surface area contributed by atoms with Crippen LogP contribution in [0.1, 0.15) is 36.7 Å². The molecule has 8 nitrogen and oxygen atoms in total. The smallest absolute Gasteiger partial charge is 0.276 e. The Bertz CT molecular complexity index is 992. The van der Waals surface area contributed by atoms with Crippen molar-refractivity contribution in [2.75, 3.05) is 20.3 Å². The minimum Gasteiger partial charge on any atom is -0.493 e. The molecule has 9 heteroatoms. The van der Waals surface area contributed by atoms with E-state index in [0.717, 1.165) is 12.0 Å². The Balaban J connectivity index is 1.57. The minimum atomic E-state index is -0.514. The number of methoxy groups -OCH3 is 1. The van der Waals surface area contributed by atoms with Crippen molar-refractivity contribution in [3.05, 3.63) is 45.9 Å². The molecule has 1 heterocycles. The van der Waals surface area contributed by atoms with Crippen molar-refractivity contribution < 1.29 is 28.5 Å². The molecule has 31 heavy (non-hydrogen) atoms. The Morgan fingerprint density at radius 3 is 2.65 bits per heavy atom. The first-order valence-electron chi connectivity index (χ1n) is 9.77. The molecule has 0 radical (unpaired) electrons. The van der Waals surface area contributed by atoms with Crippen molar-refractivity contribution in [3.8, 4) is 23.0 Å². The number of nitrogens with one attached hydrogen (secondary N) is 2. The Morgan fingerprint density at radius 1 is 1.16 bits per heavy atom. The number of rotatable bonds is 7. The Labute approximate surface area is 189 Å². The van der Waals surface area contributed by atoms with Crippen molar-refractivity contribution in [2.24, 2.45) is 0 Å². The van der Waals surface area contributed by atoms with Gasteiger partial charge in [-0.15, -0.1) is 0 Å². The average Bonchev–Trinajstić information content (AvgIpc) is 3.06. The molecular weight excluding hydrogens is 468 g/mol. The zero-order valence-corrected chi connectivity index (χ0v) is 19.4. The first-order valence-corrected chi connectivity index (χ1v) is 10.6. The summed E-state index contributed by atoms with van der Waals surface area (Å²) in [5.74, 6) is 1.01. The first kappa shape index (κ1) is 22.7. The lowest BCUT2D eigenvalue weighted by atomic mass is 10.0. The lowest BCUT2D eigenvalue weighted by Gasteiger charge is -2.18. The third kappa shape index (κ3) is 5.41. The summed E-state index contributed by atoms with van der Waals surface area (Å²) in [6, 6.07) is 8.68. The molecule has 2 N–H and O–H groups in total. The summed E-state index contributed by atoms with van der Waals surface area (Å²) in [5.41, 5.74) is 5.71. The van der Waals surface area contributed by atoms with E-state index in [9.17, 15) is 9.59 Å². The van der Waals surface area contributed by atoms with E-state index in [4.69, 9.17) is 18.9 Å². The van der Waals surface area contributed by atoms with E-state index in [0.29, 0.717) is 34.1 Å². The maximum Gasteiger partial charge on any atom is 0.276 e. The van der Waals surface area contributed by atoms with Crippen LogP contribution in [0.15, 0.2) is 34.8 Å². The Morgan fingerprint density at radius 2 is 1.94 bits per heavy atom. The van der Waals surface area contributed by atoms with Crippen LogP contribution in [0.5, 0.6) is 23.0 Å². The summed E-state index contributed by atoms with van der Waals surface area (Å²) < 4.78 is 22.9. The maximum atomic E-state index is 12.4. The van der Waals surface area contributed by atoms with E-state index >= 15 is 0 Å². The summed E-state index contributed by atoms with van der Waals surface area (Å²) in [4.78, 5) is 24.6. The number of hydrogen-bond acceptors (Lipinski definition) is 6. The highest BCUT2D eigenvalue weighted by Crippen LogP contribution is 2.41. The fourth-order valence-corrected chi connectivity index (χ4v) is 3.77. The molecule has 166 valence electrons. The van der Waals surface area contributed by atoms with Gasteiger partial charge in [0.2, 0.25) is 0 Å². The van der Waals surface area contributed by atoms with Gasteiger partial charge in [0.25, 0.3) is 11.8 Å². The molecule has 1 aliphatic heterocycles. The number of carbonyl (C=O) groups is 2. The van der Waals surface area contributed by atoms with Crippen LogP contribution in [0.3, 0.4) is 0 Å². The van der Waals surface area contributed by atoms with E-state index < -0.39 is 11.8 Å². The molecule has 2 aromatic carbocycles. The fourth-order valence-electron chi connectivity index (χ4n) is 3.21. The van der Waals surface area contributed by atoms with Gasteiger partial charge >= 0.3 is 0 Å². The van der Waals surface area contributed by atoms with Crippen molar-refractivity contribution >= 4 is 27.7 Å². The van der Waals surface area contributed by atoms with E-state index in [2.05, 4.69) is 26.8 Å². The number of ether oxygens (including phenoxy) is 4. The van der Waals surface area contributed by atoms with Gasteiger partial charge in [-0.2, -0.15) is 0 Å². The standard InChI is InChI=1S/C22H25BrN2O6/c1-5-29-20-15(23)9-14(10-17(20)28-4)21(27)25-24-18(26)12-30-16-8-6-7-13-11-22(2,3)31-19(13)16/h6-10H,5,11-12H2,1-4H3,(H,24,26)(H,25,27). The molecule has 0 saturated heterocycles. The third-order valence-electron chi connectivity index (χ3n) is 4.51. The number of hydrogen-bond donors (Lipinski definition) is 2. The van der Waals surface area contributed by atoms with Crippen LogP contribution in [0.4, 0.5) is 0 Å². The molecule has 0 bridgehead atoms. The van der Waals surface area contributed by atoms with Gasteiger partial charge in [0, 0.05) is 17.5 Å². The zero-order valence-electron chi connectivity index (χ0n) is 17.8. The van der Waals surface area contributed by atoms with Crippen LogP contribution in [0.2, 0.25) is 0 Å². The second-order valence-corrected chi connectivity index (χ2v) is 8.35. The molecule has 0 aromatic heterocycles. The molecule has 0 aliphatic carbocycles. The number of hydrazine groups is 1. The summed E-state index contributed by atoms with van der Waals surface area (Å²) in [5, 5.41) is 0. The summed E-state index contributed by atoms with van der Waals surface area (Å²) in [7, 11) is 1.48. The molecule has 3 rings (SSSR count). The van der Waals surface area contributed by atoms with Crippen LogP contribution < -0.4 is 29.8 Å². The second-order valence-electron chi connectivity index (χ2n) is 7.50. The SMILES string of the molecule is CCOc1c(Br)cc(C(=O)NNC(=O)COc2cccc3c2OC(C)(C)C3)cc1OC. The van der Waals surface area contributed by atoms with Gasteiger partial charge in [0.15, 0.2) is 29.6 Å². The lowest BCUT2D eigenvalue weighted by Crippen LogP contribution is -2.43. The number of benzene rings is 2. The first-order chi connectivity index (χ1) is 14.7. The predicted molar refractivity (Wildman–Crippen MR) is 118 cm³/mol. The highest BCUT2D eigenvalue weighted by molar-refractivity contribution is 9.10.